The number of aromatic nitrogens is 3. The molecule has 4 rings (SSSR count). The lowest BCUT2D eigenvalue weighted by molar-refractivity contribution is -0.122. The smallest absolute Gasteiger partial charge is 0.347 e. The zero-order valence-electron chi connectivity index (χ0n) is 20.4. The van der Waals surface area contributed by atoms with E-state index in [4.69, 9.17) is 23.2 Å². The zero-order chi connectivity index (χ0) is 26.5. The third kappa shape index (κ3) is 6.28. The standard InChI is InChI=1S/C27H26Cl2FN5O2/c1-33(2)24(21-8-4-5-9-22(21)29)15-31-25(36)17-35-27(37)34(16-19-7-3-6-10-23(19)30)26(32-35)18-11-13-20(28)14-12-18/h3-14,24H,15-17H2,1-2H3,(H,31,36). The van der Waals surface area contributed by atoms with E-state index in [0.717, 1.165) is 10.2 Å². The minimum atomic E-state index is -0.529. The highest BCUT2D eigenvalue weighted by Gasteiger charge is 2.21. The van der Waals surface area contributed by atoms with Gasteiger partial charge >= 0.3 is 5.69 Å². The predicted octanol–water partition coefficient (Wildman–Crippen LogP) is 4.63. The van der Waals surface area contributed by atoms with E-state index in [1.54, 1.807) is 48.5 Å². The third-order valence-electron chi connectivity index (χ3n) is 5.99. The Bertz CT molecular complexity index is 1450. The van der Waals surface area contributed by atoms with Crippen molar-refractivity contribution in [2.45, 2.75) is 19.1 Å². The molecule has 1 heterocycles. The summed E-state index contributed by atoms with van der Waals surface area (Å²) in [7, 11) is 3.79. The number of likely N-dealkylation sites (N-methyl/N-ethyl adjacent to an activating group) is 1. The van der Waals surface area contributed by atoms with Crippen LogP contribution in [-0.4, -0.2) is 45.8 Å². The Labute approximate surface area is 224 Å². The van der Waals surface area contributed by atoms with Gasteiger partial charge in [-0.25, -0.2) is 13.9 Å². The van der Waals surface area contributed by atoms with Gasteiger partial charge < -0.3 is 10.2 Å². The molecule has 0 aliphatic rings. The summed E-state index contributed by atoms with van der Waals surface area (Å²) in [6, 6.07) is 20.3. The fraction of sp³-hybridized carbons (Fsp3) is 0.222. The Morgan fingerprint density at radius 2 is 1.70 bits per heavy atom. The van der Waals surface area contributed by atoms with Crippen LogP contribution in [0.4, 0.5) is 4.39 Å². The van der Waals surface area contributed by atoms with Crippen LogP contribution in [0.25, 0.3) is 11.4 Å². The van der Waals surface area contributed by atoms with Crippen LogP contribution in [0.1, 0.15) is 17.2 Å². The molecule has 4 aromatic rings. The number of rotatable bonds is 9. The molecule has 37 heavy (non-hydrogen) atoms. The van der Waals surface area contributed by atoms with Crippen LogP contribution in [0.15, 0.2) is 77.6 Å². The van der Waals surface area contributed by atoms with Crippen molar-refractivity contribution in [1.29, 1.82) is 0 Å². The van der Waals surface area contributed by atoms with Gasteiger partial charge in [-0.05, 0) is 56.1 Å². The number of nitrogens with zero attached hydrogens (tertiary/aromatic N) is 4. The van der Waals surface area contributed by atoms with Crippen LogP contribution in [0.2, 0.25) is 10.0 Å². The second-order valence-corrected chi connectivity index (χ2v) is 9.60. The van der Waals surface area contributed by atoms with Crippen molar-refractivity contribution in [2.75, 3.05) is 20.6 Å². The average molecular weight is 542 g/mol. The number of hydrogen-bond donors (Lipinski definition) is 1. The number of halogens is 3. The largest absolute Gasteiger partial charge is 0.353 e. The zero-order valence-corrected chi connectivity index (χ0v) is 21.9. The summed E-state index contributed by atoms with van der Waals surface area (Å²) in [6.07, 6.45) is 0. The van der Waals surface area contributed by atoms with Crippen molar-refractivity contribution in [3.05, 3.63) is 110 Å². The number of hydrogen-bond acceptors (Lipinski definition) is 4. The molecule has 0 radical (unpaired) electrons. The molecule has 192 valence electrons. The van der Waals surface area contributed by atoms with E-state index in [-0.39, 0.29) is 31.6 Å². The second-order valence-electron chi connectivity index (χ2n) is 8.75. The summed E-state index contributed by atoms with van der Waals surface area (Å²) < 4.78 is 16.8. The first-order valence-corrected chi connectivity index (χ1v) is 12.3. The van der Waals surface area contributed by atoms with Gasteiger partial charge in [0.15, 0.2) is 5.82 Å². The molecule has 0 aliphatic heterocycles. The molecule has 10 heteroatoms. The van der Waals surface area contributed by atoms with Gasteiger partial charge in [0.05, 0.1) is 12.6 Å². The number of carbonyl (C=O) groups excluding carboxylic acids is 1. The van der Waals surface area contributed by atoms with Crippen molar-refractivity contribution in [1.82, 2.24) is 24.6 Å². The molecular weight excluding hydrogens is 516 g/mol. The molecular formula is C27H26Cl2FN5O2. The van der Waals surface area contributed by atoms with Crippen LogP contribution < -0.4 is 11.0 Å². The van der Waals surface area contributed by atoms with Crippen LogP contribution in [0, 0.1) is 5.82 Å². The first kappa shape index (κ1) is 26.6. The number of carbonyl (C=O) groups is 1. The Hall–Kier alpha value is -3.46. The maximum Gasteiger partial charge on any atom is 0.347 e. The Morgan fingerprint density at radius 3 is 2.38 bits per heavy atom. The lowest BCUT2D eigenvalue weighted by atomic mass is 10.1. The molecule has 1 unspecified atom stereocenters. The maximum atomic E-state index is 14.4. The molecule has 0 saturated heterocycles. The van der Waals surface area contributed by atoms with Crippen molar-refractivity contribution in [3.63, 3.8) is 0 Å². The highest BCUT2D eigenvalue weighted by molar-refractivity contribution is 6.31. The van der Waals surface area contributed by atoms with E-state index in [2.05, 4.69) is 10.4 Å². The van der Waals surface area contributed by atoms with Gasteiger partial charge in [0, 0.05) is 27.7 Å². The Balaban J connectivity index is 1.59. The monoisotopic (exact) mass is 541 g/mol. The fourth-order valence-corrected chi connectivity index (χ4v) is 4.40. The molecule has 0 aliphatic carbocycles. The number of amides is 1. The molecule has 3 aromatic carbocycles. The van der Waals surface area contributed by atoms with Crippen LogP contribution in [0.5, 0.6) is 0 Å². The average Bonchev–Trinajstić information content (AvgIpc) is 3.16. The van der Waals surface area contributed by atoms with E-state index in [0.29, 0.717) is 27.0 Å². The highest BCUT2D eigenvalue weighted by atomic mass is 35.5. The van der Waals surface area contributed by atoms with Crippen molar-refractivity contribution in [3.8, 4) is 11.4 Å². The fourth-order valence-electron chi connectivity index (χ4n) is 4.01. The highest BCUT2D eigenvalue weighted by Crippen LogP contribution is 2.25. The summed E-state index contributed by atoms with van der Waals surface area (Å²) in [5.74, 6) is -0.518. The number of nitrogens with one attached hydrogen (secondary N) is 1. The summed E-state index contributed by atoms with van der Waals surface area (Å²) in [5, 5.41) is 8.42. The second kappa shape index (κ2) is 11.7. The molecule has 7 nitrogen and oxygen atoms in total. The maximum absolute atomic E-state index is 14.4. The van der Waals surface area contributed by atoms with E-state index in [9.17, 15) is 14.0 Å². The molecule has 0 saturated carbocycles. The SMILES string of the molecule is CN(C)C(CNC(=O)Cn1nc(-c2ccc(Cl)cc2)n(Cc2ccccc2F)c1=O)c1ccccc1Cl. The molecule has 1 amide bonds. The van der Waals surface area contributed by atoms with E-state index in [1.807, 2.05) is 37.2 Å². The third-order valence-corrected chi connectivity index (χ3v) is 6.58. The first-order valence-electron chi connectivity index (χ1n) is 11.6. The predicted molar refractivity (Wildman–Crippen MR) is 143 cm³/mol. The van der Waals surface area contributed by atoms with Gasteiger partial charge in [-0.2, -0.15) is 0 Å². The van der Waals surface area contributed by atoms with Crippen molar-refractivity contribution in [2.24, 2.45) is 0 Å². The first-order chi connectivity index (χ1) is 17.7. The summed E-state index contributed by atoms with van der Waals surface area (Å²) in [4.78, 5) is 28.1. The minimum Gasteiger partial charge on any atom is -0.353 e. The summed E-state index contributed by atoms with van der Waals surface area (Å²) in [6.45, 7) is -0.0586. The van der Waals surface area contributed by atoms with E-state index < -0.39 is 11.5 Å². The van der Waals surface area contributed by atoms with Gasteiger partial charge in [-0.1, -0.05) is 59.6 Å². The van der Waals surface area contributed by atoms with Gasteiger partial charge in [0.2, 0.25) is 5.91 Å². The minimum absolute atomic E-state index is 0.0414. The van der Waals surface area contributed by atoms with Gasteiger partial charge in [0.1, 0.15) is 12.4 Å². The van der Waals surface area contributed by atoms with Gasteiger partial charge in [0.25, 0.3) is 0 Å². The number of benzene rings is 3. The van der Waals surface area contributed by atoms with Crippen LogP contribution in [0.3, 0.4) is 0 Å². The molecule has 0 spiro atoms. The molecule has 1 atom stereocenters. The van der Waals surface area contributed by atoms with Crippen molar-refractivity contribution >= 4 is 29.1 Å². The van der Waals surface area contributed by atoms with Crippen LogP contribution in [-0.2, 0) is 17.9 Å². The topological polar surface area (TPSA) is 72.2 Å². The molecule has 1 N–H and O–H groups in total. The van der Waals surface area contributed by atoms with Crippen molar-refractivity contribution < 1.29 is 9.18 Å². The quantitative estimate of drug-likeness (QED) is 0.335. The normalized spacial score (nSPS) is 12.1. The Morgan fingerprint density at radius 1 is 1.03 bits per heavy atom. The Kier molecular flexibility index (Phi) is 8.43. The van der Waals surface area contributed by atoms with Crippen LogP contribution >= 0.6 is 23.2 Å². The van der Waals surface area contributed by atoms with Gasteiger partial charge in [-0.3, -0.25) is 9.36 Å². The molecule has 1 aromatic heterocycles. The molecule has 0 fully saturated rings. The lowest BCUT2D eigenvalue weighted by Gasteiger charge is -2.26. The molecule has 0 bridgehead atoms. The summed E-state index contributed by atoms with van der Waals surface area (Å²) in [5.41, 5.74) is 1.30. The van der Waals surface area contributed by atoms with Gasteiger partial charge in [-0.15, -0.1) is 5.10 Å². The summed E-state index contributed by atoms with van der Waals surface area (Å²) >= 11 is 12.4. The van der Waals surface area contributed by atoms with E-state index in [1.165, 1.54) is 10.6 Å². The van der Waals surface area contributed by atoms with E-state index >= 15 is 0 Å². The lowest BCUT2D eigenvalue weighted by Crippen LogP contribution is -2.38.